The summed E-state index contributed by atoms with van der Waals surface area (Å²) >= 11 is -3.12. The van der Waals surface area contributed by atoms with Crippen molar-refractivity contribution in [3.63, 3.8) is 0 Å². The molecule has 0 N–H and O–H groups in total. The lowest BCUT2D eigenvalue weighted by Gasteiger charge is -2.44. The Morgan fingerprint density at radius 1 is 1.36 bits per heavy atom. The molecule has 0 amide bonds. The summed E-state index contributed by atoms with van der Waals surface area (Å²) in [7, 11) is 0. The molecule has 7 heteroatoms. The Bertz CT molecular complexity index is 204. The van der Waals surface area contributed by atoms with Gasteiger partial charge in [-0.25, -0.2) is 0 Å². The van der Waals surface area contributed by atoms with Crippen molar-refractivity contribution >= 4 is 11.1 Å². The number of hydrogen-bond acceptors (Lipinski definition) is 2. The fraction of sp³-hybridized carbons (Fsp3) is 1.00. The van der Waals surface area contributed by atoms with Gasteiger partial charge in [0, 0.05) is 6.42 Å². The van der Waals surface area contributed by atoms with E-state index in [-0.39, 0.29) is 0 Å². The molecule has 1 aliphatic carbocycles. The van der Waals surface area contributed by atoms with Gasteiger partial charge in [-0.3, -0.25) is 4.21 Å². The topological polar surface area (TPSA) is 40.1 Å². The molecule has 0 saturated heterocycles. The van der Waals surface area contributed by atoms with Crippen LogP contribution in [-0.4, -0.2) is 25.9 Å². The molecule has 66 valence electrons. The standard InChI is InChI=1S/C4H4F4O2S/c5-3(6)1-2(11(9)10)4(3,7)8/h2H,1H2,(H,9,10)/p-1. The van der Waals surface area contributed by atoms with Crippen LogP contribution in [0.1, 0.15) is 6.42 Å². The van der Waals surface area contributed by atoms with E-state index in [1.54, 1.807) is 0 Å². The largest absolute Gasteiger partial charge is 0.772 e. The highest BCUT2D eigenvalue weighted by Crippen LogP contribution is 2.52. The summed E-state index contributed by atoms with van der Waals surface area (Å²) in [4.78, 5) is 0. The van der Waals surface area contributed by atoms with E-state index in [2.05, 4.69) is 0 Å². The van der Waals surface area contributed by atoms with Gasteiger partial charge < -0.3 is 4.55 Å². The highest BCUT2D eigenvalue weighted by atomic mass is 32.2. The summed E-state index contributed by atoms with van der Waals surface area (Å²) in [6, 6.07) is 0. The van der Waals surface area contributed by atoms with Crippen molar-refractivity contribution in [2.45, 2.75) is 23.5 Å². The Balaban J connectivity index is 2.77. The van der Waals surface area contributed by atoms with Crippen molar-refractivity contribution in [3.8, 4) is 0 Å². The Morgan fingerprint density at radius 2 is 1.82 bits per heavy atom. The second kappa shape index (κ2) is 2.16. The minimum absolute atomic E-state index is 1.28. The average Bonchev–Trinajstić information content (AvgIpc) is 1.82. The number of alkyl halides is 4. The van der Waals surface area contributed by atoms with Crippen LogP contribution >= 0.6 is 0 Å². The van der Waals surface area contributed by atoms with Gasteiger partial charge in [0.1, 0.15) is 0 Å². The summed E-state index contributed by atoms with van der Waals surface area (Å²) in [5.74, 6) is -8.54. The molecule has 1 rings (SSSR count). The van der Waals surface area contributed by atoms with Gasteiger partial charge in [-0.2, -0.15) is 17.6 Å². The molecule has 11 heavy (non-hydrogen) atoms. The molecular weight excluding hydrogens is 188 g/mol. The molecule has 0 aromatic heterocycles. The van der Waals surface area contributed by atoms with Crippen LogP contribution in [0.2, 0.25) is 0 Å². The van der Waals surface area contributed by atoms with Gasteiger partial charge >= 0.3 is 11.8 Å². The third-order valence-corrected chi connectivity index (χ3v) is 2.49. The van der Waals surface area contributed by atoms with E-state index < -0.39 is 34.6 Å². The van der Waals surface area contributed by atoms with Crippen LogP contribution < -0.4 is 0 Å². The lowest BCUT2D eigenvalue weighted by atomic mass is 9.89. The first-order valence-electron chi connectivity index (χ1n) is 2.63. The van der Waals surface area contributed by atoms with Crippen LogP contribution in [0, 0.1) is 0 Å². The zero-order chi connectivity index (χ0) is 8.86. The maximum absolute atomic E-state index is 12.1. The van der Waals surface area contributed by atoms with E-state index in [1.807, 2.05) is 0 Å². The van der Waals surface area contributed by atoms with Gasteiger partial charge in [-0.05, 0) is 11.1 Å². The van der Waals surface area contributed by atoms with Gasteiger partial charge in [-0.15, -0.1) is 0 Å². The summed E-state index contributed by atoms with van der Waals surface area (Å²) in [5, 5.41) is -2.22. The van der Waals surface area contributed by atoms with Crippen LogP contribution in [0.4, 0.5) is 17.6 Å². The van der Waals surface area contributed by atoms with Crippen molar-refractivity contribution in [1.29, 1.82) is 0 Å². The van der Waals surface area contributed by atoms with Crippen molar-refractivity contribution in [2.24, 2.45) is 0 Å². The van der Waals surface area contributed by atoms with Crippen molar-refractivity contribution in [1.82, 2.24) is 0 Å². The van der Waals surface area contributed by atoms with Gasteiger partial charge in [0.15, 0.2) is 0 Å². The molecule has 0 bridgehead atoms. The maximum Gasteiger partial charge on any atom is 0.323 e. The third-order valence-electron chi connectivity index (χ3n) is 1.57. The van der Waals surface area contributed by atoms with Gasteiger partial charge in [0.2, 0.25) is 0 Å². The molecule has 0 spiro atoms. The highest BCUT2D eigenvalue weighted by molar-refractivity contribution is 7.80. The summed E-state index contributed by atoms with van der Waals surface area (Å²) in [6.45, 7) is 0. The number of halogens is 4. The lowest BCUT2D eigenvalue weighted by Crippen LogP contribution is -2.63. The van der Waals surface area contributed by atoms with Crippen LogP contribution in [-0.2, 0) is 11.1 Å². The quantitative estimate of drug-likeness (QED) is 0.456. The average molecular weight is 191 g/mol. The molecule has 2 nitrogen and oxygen atoms in total. The first-order chi connectivity index (χ1) is 4.79. The molecule has 1 saturated carbocycles. The smallest absolute Gasteiger partial charge is 0.323 e. The molecule has 1 aliphatic rings. The van der Waals surface area contributed by atoms with Crippen molar-refractivity contribution in [3.05, 3.63) is 0 Å². The Labute approximate surface area is 61.9 Å². The Morgan fingerprint density at radius 3 is 1.91 bits per heavy atom. The fourth-order valence-corrected chi connectivity index (χ4v) is 1.55. The Kier molecular flexibility index (Phi) is 1.75. The van der Waals surface area contributed by atoms with Crippen molar-refractivity contribution < 1.29 is 26.3 Å². The molecule has 0 radical (unpaired) electrons. The van der Waals surface area contributed by atoms with Crippen LogP contribution in [0.3, 0.4) is 0 Å². The van der Waals surface area contributed by atoms with E-state index in [9.17, 15) is 26.3 Å². The third kappa shape index (κ3) is 1.06. The van der Waals surface area contributed by atoms with Gasteiger partial charge in [0.25, 0.3) is 0 Å². The summed E-state index contributed by atoms with van der Waals surface area (Å²) < 4.78 is 67.7. The van der Waals surface area contributed by atoms with Gasteiger partial charge in [0.05, 0.1) is 5.25 Å². The van der Waals surface area contributed by atoms with Crippen LogP contribution in [0.15, 0.2) is 0 Å². The molecule has 0 heterocycles. The van der Waals surface area contributed by atoms with Crippen LogP contribution in [0.25, 0.3) is 0 Å². The summed E-state index contributed by atoms with van der Waals surface area (Å²) in [6.07, 6.45) is -1.28. The van der Waals surface area contributed by atoms with E-state index >= 15 is 0 Å². The fourth-order valence-electron chi connectivity index (χ4n) is 0.790. The zero-order valence-corrected chi connectivity index (χ0v) is 5.84. The highest BCUT2D eigenvalue weighted by Gasteiger charge is 2.72. The minimum atomic E-state index is -4.39. The molecular formula is C4H3F4O2S-. The van der Waals surface area contributed by atoms with Gasteiger partial charge in [-0.1, -0.05) is 0 Å². The first-order valence-corrected chi connectivity index (χ1v) is 3.76. The molecule has 2 atom stereocenters. The van der Waals surface area contributed by atoms with Crippen LogP contribution in [0.5, 0.6) is 0 Å². The normalized spacial score (nSPS) is 35.9. The number of hydrogen-bond donors (Lipinski definition) is 0. The van der Waals surface area contributed by atoms with E-state index in [1.165, 1.54) is 0 Å². The monoisotopic (exact) mass is 191 g/mol. The second-order valence-electron chi connectivity index (χ2n) is 2.28. The molecule has 0 aliphatic heterocycles. The SMILES string of the molecule is O=S([O-])C1CC(F)(F)C1(F)F. The van der Waals surface area contributed by atoms with E-state index in [0.29, 0.717) is 0 Å². The zero-order valence-electron chi connectivity index (χ0n) is 5.02. The summed E-state index contributed by atoms with van der Waals surface area (Å²) in [5.41, 5.74) is 0. The first kappa shape index (κ1) is 8.92. The molecule has 0 aromatic carbocycles. The second-order valence-corrected chi connectivity index (χ2v) is 3.37. The molecule has 0 aromatic rings. The molecule has 2 unspecified atom stereocenters. The van der Waals surface area contributed by atoms with E-state index in [0.717, 1.165) is 0 Å². The molecule has 1 fully saturated rings. The maximum atomic E-state index is 12.1. The number of rotatable bonds is 1. The van der Waals surface area contributed by atoms with E-state index in [4.69, 9.17) is 0 Å². The Hall–Kier alpha value is -0.170. The predicted octanol–water partition coefficient (Wildman–Crippen LogP) is 0.908. The lowest BCUT2D eigenvalue weighted by molar-refractivity contribution is -0.270. The minimum Gasteiger partial charge on any atom is -0.772 e. The van der Waals surface area contributed by atoms with Crippen molar-refractivity contribution in [2.75, 3.05) is 0 Å². The predicted molar refractivity (Wildman–Crippen MR) is 27.2 cm³/mol.